The third-order valence-electron chi connectivity index (χ3n) is 4.22. The van der Waals surface area contributed by atoms with Crippen LogP contribution in [0.5, 0.6) is 5.75 Å². The molecule has 2 amide bonds. The molecule has 3 rings (SSSR count). The minimum atomic E-state index is -0.563. The molecule has 0 spiro atoms. The van der Waals surface area contributed by atoms with Crippen LogP contribution in [-0.2, 0) is 9.59 Å². The molecule has 0 heterocycles. The van der Waals surface area contributed by atoms with Crippen molar-refractivity contribution in [3.63, 3.8) is 0 Å². The van der Waals surface area contributed by atoms with Gasteiger partial charge in [-0.1, -0.05) is 47.5 Å². The topological polar surface area (TPSA) is 91.2 Å². The first-order chi connectivity index (χ1) is 15.9. The molecule has 0 aliphatic carbocycles. The predicted molar refractivity (Wildman–Crippen MR) is 133 cm³/mol. The Balaban J connectivity index is 1.64. The van der Waals surface area contributed by atoms with Crippen molar-refractivity contribution in [1.29, 1.82) is 5.26 Å². The second kappa shape index (κ2) is 11.5. The molecule has 0 saturated carbocycles. The SMILES string of the molecule is N#C/C(=C/c1ccc(OCC(=O)Nc2ccccc2Cl)c(Br)c1)C(=O)Nc1cccc(Cl)c1. The van der Waals surface area contributed by atoms with E-state index in [2.05, 4.69) is 26.6 Å². The Bertz CT molecular complexity index is 1270. The Labute approximate surface area is 208 Å². The molecular formula is C24H16BrCl2N3O3. The summed E-state index contributed by atoms with van der Waals surface area (Å²) in [4.78, 5) is 24.6. The van der Waals surface area contributed by atoms with E-state index < -0.39 is 5.91 Å². The molecule has 6 nitrogen and oxygen atoms in total. The second-order valence-corrected chi connectivity index (χ2v) is 8.34. The van der Waals surface area contributed by atoms with E-state index in [4.69, 9.17) is 27.9 Å². The van der Waals surface area contributed by atoms with Crippen LogP contribution in [0.2, 0.25) is 10.0 Å². The number of ether oxygens (including phenoxy) is 1. The van der Waals surface area contributed by atoms with Crippen molar-refractivity contribution in [2.24, 2.45) is 0 Å². The number of nitrogens with zero attached hydrogens (tertiary/aromatic N) is 1. The summed E-state index contributed by atoms with van der Waals surface area (Å²) in [5, 5.41) is 15.6. The molecule has 0 saturated heterocycles. The molecule has 0 aliphatic heterocycles. The van der Waals surface area contributed by atoms with Crippen molar-refractivity contribution in [3.05, 3.63) is 92.4 Å². The maximum Gasteiger partial charge on any atom is 0.266 e. The first kappa shape index (κ1) is 24.3. The Morgan fingerprint density at radius 1 is 1.03 bits per heavy atom. The highest BCUT2D eigenvalue weighted by molar-refractivity contribution is 9.10. The number of hydrogen-bond donors (Lipinski definition) is 2. The molecule has 0 unspecified atom stereocenters. The van der Waals surface area contributed by atoms with Gasteiger partial charge in [0, 0.05) is 10.7 Å². The summed E-state index contributed by atoms with van der Waals surface area (Å²) in [5.74, 6) is -0.515. The minimum Gasteiger partial charge on any atom is -0.483 e. The zero-order chi connectivity index (χ0) is 23.8. The Hall–Kier alpha value is -3.31. The number of nitrogens with one attached hydrogen (secondary N) is 2. The zero-order valence-corrected chi connectivity index (χ0v) is 20.0. The van der Waals surface area contributed by atoms with Gasteiger partial charge in [-0.3, -0.25) is 9.59 Å². The Morgan fingerprint density at radius 3 is 2.52 bits per heavy atom. The van der Waals surface area contributed by atoms with Crippen molar-refractivity contribution in [3.8, 4) is 11.8 Å². The van der Waals surface area contributed by atoms with Crippen molar-refractivity contribution in [1.82, 2.24) is 0 Å². The van der Waals surface area contributed by atoms with Gasteiger partial charge in [-0.2, -0.15) is 5.26 Å². The van der Waals surface area contributed by atoms with E-state index in [1.807, 2.05) is 6.07 Å². The smallest absolute Gasteiger partial charge is 0.266 e. The lowest BCUT2D eigenvalue weighted by molar-refractivity contribution is -0.118. The fourth-order valence-electron chi connectivity index (χ4n) is 2.70. The van der Waals surface area contributed by atoms with Gasteiger partial charge in [0.2, 0.25) is 0 Å². The standard InChI is InChI=1S/C24H16BrCl2N3O3/c25-19-11-15(10-16(13-28)24(32)29-18-5-3-4-17(26)12-18)8-9-22(19)33-14-23(31)30-21-7-2-1-6-20(21)27/h1-12H,14H2,(H,29,32)(H,30,31)/b16-10-. The van der Waals surface area contributed by atoms with E-state index >= 15 is 0 Å². The van der Waals surface area contributed by atoms with E-state index in [1.165, 1.54) is 6.08 Å². The fourth-order valence-corrected chi connectivity index (χ4v) is 3.58. The first-order valence-electron chi connectivity index (χ1n) is 9.51. The molecule has 3 aromatic rings. The lowest BCUT2D eigenvalue weighted by atomic mass is 10.1. The van der Waals surface area contributed by atoms with Crippen LogP contribution in [0.25, 0.3) is 6.08 Å². The van der Waals surface area contributed by atoms with Gasteiger partial charge in [0.25, 0.3) is 11.8 Å². The van der Waals surface area contributed by atoms with Crippen LogP contribution in [0.15, 0.2) is 76.8 Å². The number of carbonyl (C=O) groups is 2. The first-order valence-corrected chi connectivity index (χ1v) is 11.1. The molecule has 166 valence electrons. The lowest BCUT2D eigenvalue weighted by Crippen LogP contribution is -2.20. The number of nitriles is 1. The Kier molecular flexibility index (Phi) is 8.50. The van der Waals surface area contributed by atoms with Crippen LogP contribution in [0.3, 0.4) is 0 Å². The number of amides is 2. The summed E-state index contributed by atoms with van der Waals surface area (Å²) in [6.45, 7) is -0.232. The molecule has 0 aliphatic rings. The van der Waals surface area contributed by atoms with Gasteiger partial charge < -0.3 is 15.4 Å². The number of benzene rings is 3. The van der Waals surface area contributed by atoms with E-state index in [0.717, 1.165) is 0 Å². The van der Waals surface area contributed by atoms with Gasteiger partial charge in [-0.15, -0.1) is 0 Å². The monoisotopic (exact) mass is 543 g/mol. The number of carbonyl (C=O) groups excluding carboxylic acids is 2. The molecular weight excluding hydrogens is 529 g/mol. The van der Waals surface area contributed by atoms with Crippen molar-refractivity contribution < 1.29 is 14.3 Å². The predicted octanol–water partition coefficient (Wildman–Crippen LogP) is 6.32. The van der Waals surface area contributed by atoms with Crippen LogP contribution in [0.4, 0.5) is 11.4 Å². The molecule has 3 aromatic carbocycles. The maximum absolute atomic E-state index is 12.4. The highest BCUT2D eigenvalue weighted by Crippen LogP contribution is 2.27. The van der Waals surface area contributed by atoms with Gasteiger partial charge in [-0.05, 0) is 70.0 Å². The van der Waals surface area contributed by atoms with Crippen LogP contribution >= 0.6 is 39.1 Å². The average molecular weight is 545 g/mol. The quantitative estimate of drug-likeness (QED) is 0.269. The molecule has 0 bridgehead atoms. The van der Waals surface area contributed by atoms with Gasteiger partial charge in [0.1, 0.15) is 17.4 Å². The lowest BCUT2D eigenvalue weighted by Gasteiger charge is -2.10. The molecule has 2 N–H and O–H groups in total. The third kappa shape index (κ3) is 7.09. The van der Waals surface area contributed by atoms with Crippen molar-refractivity contribution in [2.45, 2.75) is 0 Å². The zero-order valence-electron chi connectivity index (χ0n) is 16.9. The van der Waals surface area contributed by atoms with Crippen molar-refractivity contribution in [2.75, 3.05) is 17.2 Å². The molecule has 0 aromatic heterocycles. The number of rotatable bonds is 7. The summed E-state index contributed by atoms with van der Waals surface area (Å²) in [6.07, 6.45) is 1.44. The van der Waals surface area contributed by atoms with E-state index in [9.17, 15) is 14.9 Å². The van der Waals surface area contributed by atoms with Crippen molar-refractivity contribution >= 4 is 68.4 Å². The van der Waals surface area contributed by atoms with Crippen LogP contribution < -0.4 is 15.4 Å². The number of hydrogen-bond acceptors (Lipinski definition) is 4. The number of para-hydroxylation sites is 1. The highest BCUT2D eigenvalue weighted by atomic mass is 79.9. The van der Waals surface area contributed by atoms with Gasteiger partial charge in [0.05, 0.1) is 15.2 Å². The number of anilines is 2. The minimum absolute atomic E-state index is 0.0883. The number of halogens is 3. The molecule has 0 atom stereocenters. The molecule has 33 heavy (non-hydrogen) atoms. The molecule has 0 radical (unpaired) electrons. The van der Waals surface area contributed by atoms with Crippen LogP contribution in [-0.4, -0.2) is 18.4 Å². The maximum atomic E-state index is 12.4. The van der Waals surface area contributed by atoms with Gasteiger partial charge in [0.15, 0.2) is 6.61 Å². The summed E-state index contributed by atoms with van der Waals surface area (Å²) in [7, 11) is 0. The summed E-state index contributed by atoms with van der Waals surface area (Å²) >= 11 is 15.3. The van der Waals surface area contributed by atoms with Gasteiger partial charge in [-0.25, -0.2) is 0 Å². The van der Waals surface area contributed by atoms with Crippen LogP contribution in [0, 0.1) is 11.3 Å². The fraction of sp³-hybridized carbons (Fsp3) is 0.0417. The van der Waals surface area contributed by atoms with Crippen LogP contribution in [0.1, 0.15) is 5.56 Å². The second-order valence-electron chi connectivity index (χ2n) is 6.64. The molecule has 0 fully saturated rings. The van der Waals surface area contributed by atoms with E-state index in [-0.39, 0.29) is 18.1 Å². The highest BCUT2D eigenvalue weighted by Gasteiger charge is 2.12. The van der Waals surface area contributed by atoms with E-state index in [0.29, 0.717) is 37.2 Å². The average Bonchev–Trinajstić information content (AvgIpc) is 2.78. The summed E-state index contributed by atoms with van der Waals surface area (Å²) in [6, 6.07) is 20.4. The Morgan fingerprint density at radius 2 is 1.82 bits per heavy atom. The largest absolute Gasteiger partial charge is 0.483 e. The molecule has 9 heteroatoms. The summed E-state index contributed by atoms with van der Waals surface area (Å²) in [5.41, 5.74) is 1.48. The normalized spacial score (nSPS) is 10.8. The third-order valence-corrected chi connectivity index (χ3v) is 5.41. The summed E-state index contributed by atoms with van der Waals surface area (Å²) < 4.78 is 6.11. The van der Waals surface area contributed by atoms with E-state index in [1.54, 1.807) is 66.7 Å². The van der Waals surface area contributed by atoms with Gasteiger partial charge >= 0.3 is 0 Å².